The molecule has 1 aromatic rings. The molecule has 2 aliphatic rings. The zero-order valence-corrected chi connectivity index (χ0v) is 14.0. The molecule has 0 saturated carbocycles. The van der Waals surface area contributed by atoms with Crippen LogP contribution >= 0.6 is 23.5 Å². The summed E-state index contributed by atoms with van der Waals surface area (Å²) in [6.07, 6.45) is 0. The molecule has 3 rings (SSSR count). The highest BCUT2D eigenvalue weighted by molar-refractivity contribution is 8.01. The van der Waals surface area contributed by atoms with Crippen LogP contribution in [0, 0.1) is 0 Å². The highest BCUT2D eigenvalue weighted by Crippen LogP contribution is 2.40. The van der Waals surface area contributed by atoms with E-state index in [2.05, 4.69) is 4.98 Å². The van der Waals surface area contributed by atoms with E-state index in [1.807, 2.05) is 0 Å². The Bertz CT molecular complexity index is 769. The molecule has 1 fully saturated rings. The maximum Gasteiger partial charge on any atom is 0.352 e. The van der Waals surface area contributed by atoms with E-state index in [0.717, 1.165) is 0 Å². The highest BCUT2D eigenvalue weighted by Gasteiger charge is 2.51. The van der Waals surface area contributed by atoms with Crippen LogP contribution in [0.15, 0.2) is 22.5 Å². The van der Waals surface area contributed by atoms with Gasteiger partial charge in [0.05, 0.1) is 6.07 Å². The Balaban J connectivity index is 1.86. The molecule has 2 atom stereocenters. The molecule has 128 valence electrons. The van der Waals surface area contributed by atoms with Gasteiger partial charge in [0.25, 0.3) is 0 Å². The molecule has 0 radical (unpaired) electrons. The third-order valence-electron chi connectivity index (χ3n) is 3.67. The van der Waals surface area contributed by atoms with Crippen molar-refractivity contribution in [1.29, 1.82) is 0 Å². The Morgan fingerprint density at radius 3 is 2.92 bits per heavy atom. The van der Waals surface area contributed by atoms with Gasteiger partial charge < -0.3 is 22.3 Å². The Labute approximate surface area is 145 Å². The van der Waals surface area contributed by atoms with Crippen LogP contribution in [0.25, 0.3) is 0 Å². The summed E-state index contributed by atoms with van der Waals surface area (Å²) in [4.78, 5) is 28.8. The van der Waals surface area contributed by atoms with Crippen LogP contribution in [0.2, 0.25) is 0 Å². The number of thioether (sulfide) groups is 2. The summed E-state index contributed by atoms with van der Waals surface area (Å²) >= 11 is 2.63. The van der Waals surface area contributed by atoms with E-state index in [0.29, 0.717) is 16.5 Å². The quantitative estimate of drug-likeness (QED) is 0.130. The van der Waals surface area contributed by atoms with Crippen molar-refractivity contribution in [3.05, 3.63) is 17.3 Å². The number of rotatable bonds is 4. The van der Waals surface area contributed by atoms with Crippen LogP contribution in [0.1, 0.15) is 0 Å². The van der Waals surface area contributed by atoms with Crippen molar-refractivity contribution < 1.29 is 19.4 Å². The zero-order chi connectivity index (χ0) is 17.6. The number of nitrogen functional groups attached to an aromatic ring is 3. The van der Waals surface area contributed by atoms with Gasteiger partial charge in [0.1, 0.15) is 17.1 Å². The molecule has 1 aromatic heterocycles. The van der Waals surface area contributed by atoms with Gasteiger partial charge in [0.15, 0.2) is 0 Å². The number of fused-ring (bicyclic) bond motifs is 1. The van der Waals surface area contributed by atoms with Gasteiger partial charge in [-0.2, -0.15) is 0 Å². The molecule has 0 aromatic carbocycles. The summed E-state index contributed by atoms with van der Waals surface area (Å²) in [5.41, 5.74) is 17.7. The first-order valence-electron chi connectivity index (χ1n) is 6.82. The lowest BCUT2D eigenvalue weighted by Crippen LogP contribution is -2.68. The molecule has 24 heavy (non-hydrogen) atoms. The molecule has 2 aliphatic heterocycles. The van der Waals surface area contributed by atoms with Gasteiger partial charge in [-0.1, -0.05) is 4.98 Å². The third kappa shape index (κ3) is 2.61. The Morgan fingerprint density at radius 1 is 1.54 bits per heavy atom. The van der Waals surface area contributed by atoms with E-state index in [1.54, 1.807) is 0 Å². The summed E-state index contributed by atoms with van der Waals surface area (Å²) in [6.45, 7) is 0. The molecule has 0 bridgehead atoms. The monoisotopic (exact) mass is 370 g/mol. The Kier molecular flexibility index (Phi) is 4.19. The average molecular weight is 370 g/mol. The van der Waals surface area contributed by atoms with E-state index in [4.69, 9.17) is 23.0 Å². The number of β-lactam (4-membered cyclic amide) rings is 1. The molecule has 0 aliphatic carbocycles. The predicted molar refractivity (Wildman–Crippen MR) is 89.9 cm³/mol. The number of carboxylic acid groups (broad SMARTS) is 1. The average Bonchev–Trinajstić information content (AvgIpc) is 2.54. The van der Waals surface area contributed by atoms with Gasteiger partial charge in [-0.05, 0) is 17.3 Å². The van der Waals surface area contributed by atoms with Crippen LogP contribution in [0.5, 0.6) is 0 Å². The number of aromatic nitrogens is 2. The first kappa shape index (κ1) is 16.7. The van der Waals surface area contributed by atoms with Crippen LogP contribution in [0.3, 0.4) is 0 Å². The number of anilines is 2. The van der Waals surface area contributed by atoms with Crippen LogP contribution < -0.4 is 27.7 Å². The summed E-state index contributed by atoms with van der Waals surface area (Å²) in [6, 6.07) is 0.771. The van der Waals surface area contributed by atoms with Crippen molar-refractivity contribution in [3.63, 3.8) is 0 Å². The molecule has 0 spiro atoms. The Hall–Kier alpha value is -2.18. The van der Waals surface area contributed by atoms with E-state index >= 15 is 0 Å². The van der Waals surface area contributed by atoms with Crippen molar-refractivity contribution >= 4 is 47.0 Å². The molecule has 1 unspecified atom stereocenters. The number of aliphatic carboxylic acids is 1. The van der Waals surface area contributed by atoms with E-state index in [1.165, 1.54) is 39.2 Å². The summed E-state index contributed by atoms with van der Waals surface area (Å²) in [5, 5.41) is 9.51. The van der Waals surface area contributed by atoms with Crippen molar-refractivity contribution in [1.82, 2.24) is 9.88 Å². The Morgan fingerprint density at radius 2 is 2.25 bits per heavy atom. The normalized spacial score (nSPS) is 23.0. The van der Waals surface area contributed by atoms with E-state index < -0.39 is 12.0 Å². The molecule has 1 amide bonds. The first-order chi connectivity index (χ1) is 11.3. The lowest BCUT2D eigenvalue weighted by atomic mass is 10.0. The first-order valence-corrected chi connectivity index (χ1v) is 8.86. The molecule has 1 saturated heterocycles. The molecule has 9 N–H and O–H groups in total. The van der Waals surface area contributed by atoms with Crippen LogP contribution in [-0.4, -0.2) is 49.8 Å². The van der Waals surface area contributed by atoms with Crippen molar-refractivity contribution in [2.75, 3.05) is 28.8 Å². The number of hydrogen-bond acceptors (Lipinski definition) is 9. The fraction of sp³-hybridized carbons (Fsp3) is 0.333. The number of amides is 1. The van der Waals surface area contributed by atoms with Crippen molar-refractivity contribution in [2.24, 2.45) is 5.73 Å². The lowest BCUT2D eigenvalue weighted by molar-refractivity contribution is -0.667. The van der Waals surface area contributed by atoms with Gasteiger partial charge >= 0.3 is 11.1 Å². The zero-order valence-electron chi connectivity index (χ0n) is 12.4. The van der Waals surface area contributed by atoms with Crippen molar-refractivity contribution in [2.45, 2.75) is 16.6 Å². The molecular formula is C12H16N7O3S2+. The lowest BCUT2D eigenvalue weighted by Gasteiger charge is -2.48. The number of nitrogens with two attached hydrogens (primary N) is 4. The van der Waals surface area contributed by atoms with Gasteiger partial charge in [-0.3, -0.25) is 15.5 Å². The van der Waals surface area contributed by atoms with Gasteiger partial charge in [0.2, 0.25) is 17.5 Å². The minimum absolute atomic E-state index is 0.0154. The molecule has 3 heterocycles. The number of carbonyl (C=O) groups excluding carboxylic acids is 1. The molecule has 12 heteroatoms. The second-order valence-corrected chi connectivity index (χ2v) is 7.29. The minimum atomic E-state index is -1.16. The summed E-state index contributed by atoms with van der Waals surface area (Å²) < 4.78 is 1.17. The topological polar surface area (TPSA) is 178 Å². The second-order valence-electron chi connectivity index (χ2n) is 5.24. The standard InChI is InChI=1S/C12H15N7O3S2/c13-5-1-6(14)19(16)12(17-5)24-3-4-2-23-10-7(15)9(20)18(10)8(4)11(21)22/h1,7,10H,2-3,15-16H2,(H4,13,14,21,22)/p+1/t7?,10-/m1/s1. The summed E-state index contributed by atoms with van der Waals surface area (Å²) in [5.74, 6) is 5.45. The third-order valence-corrected chi connectivity index (χ3v) is 6.07. The largest absolute Gasteiger partial charge is 0.477 e. The van der Waals surface area contributed by atoms with Gasteiger partial charge in [-0.25, -0.2) is 4.79 Å². The maximum atomic E-state index is 11.9. The van der Waals surface area contributed by atoms with Gasteiger partial charge in [0, 0.05) is 11.5 Å². The number of hydrogen-bond donors (Lipinski definition) is 5. The van der Waals surface area contributed by atoms with E-state index in [9.17, 15) is 14.7 Å². The fourth-order valence-electron chi connectivity index (χ4n) is 2.47. The number of carbonyl (C=O) groups is 2. The molecule has 10 nitrogen and oxygen atoms in total. The molecular weight excluding hydrogens is 354 g/mol. The van der Waals surface area contributed by atoms with Crippen LogP contribution in [-0.2, 0) is 9.59 Å². The van der Waals surface area contributed by atoms with Gasteiger partial charge in [-0.15, -0.1) is 16.4 Å². The number of nitrogens with zero attached hydrogens (tertiary/aromatic N) is 3. The highest BCUT2D eigenvalue weighted by atomic mass is 32.2. The SMILES string of the molecule is Nc1cc(N)[n+](N)c(SCC2=C(C(=O)O)N3C(=O)C(N)[C@H]3SC2)n1. The second kappa shape index (κ2) is 6.03. The minimum Gasteiger partial charge on any atom is -0.477 e. The maximum absolute atomic E-state index is 11.9. The van der Waals surface area contributed by atoms with E-state index in [-0.39, 0.29) is 34.4 Å². The van der Waals surface area contributed by atoms with Crippen molar-refractivity contribution in [3.8, 4) is 0 Å². The smallest absolute Gasteiger partial charge is 0.352 e. The predicted octanol–water partition coefficient (Wildman–Crippen LogP) is -2.08. The van der Waals surface area contributed by atoms with Crippen LogP contribution in [0.4, 0.5) is 11.6 Å². The fourth-order valence-corrected chi connectivity index (χ4v) is 4.85. The number of carboxylic acids is 1. The summed E-state index contributed by atoms with van der Waals surface area (Å²) in [7, 11) is 0.